The summed E-state index contributed by atoms with van der Waals surface area (Å²) in [4.78, 5) is 31.3. The van der Waals surface area contributed by atoms with Crippen molar-refractivity contribution in [1.82, 2.24) is 9.88 Å². The van der Waals surface area contributed by atoms with E-state index in [1.165, 1.54) is 0 Å². The van der Waals surface area contributed by atoms with Crippen LogP contribution in [0.25, 0.3) is 11.1 Å². The number of carbonyl (C=O) groups is 2. The molecule has 1 aliphatic heterocycles. The first-order chi connectivity index (χ1) is 12.7. The lowest BCUT2D eigenvalue weighted by Gasteiger charge is -2.31. The summed E-state index contributed by atoms with van der Waals surface area (Å²) in [5.74, 6) is 0.0643. The molecule has 3 rings (SSSR count). The predicted octanol–water partition coefficient (Wildman–Crippen LogP) is 3.95. The molecule has 0 saturated carbocycles. The quantitative estimate of drug-likeness (QED) is 0.896. The Kier molecular flexibility index (Phi) is 5.05. The maximum atomic E-state index is 12.7. The number of aryl methyl sites for hydroxylation is 1. The Hall–Kier alpha value is -2.69. The van der Waals surface area contributed by atoms with E-state index in [9.17, 15) is 9.59 Å². The molecule has 1 N–H and O–H groups in total. The van der Waals surface area contributed by atoms with Crippen LogP contribution < -0.4 is 5.32 Å². The number of likely N-dealkylation sites (tertiary alicyclic amines) is 1. The highest BCUT2D eigenvalue weighted by Gasteiger charge is 2.39. The minimum Gasteiger partial charge on any atom is -0.337 e. The molecule has 0 bridgehead atoms. The number of nitrogens with one attached hydrogen (secondary N) is 1. The van der Waals surface area contributed by atoms with Crippen LogP contribution in [0.2, 0.25) is 0 Å². The first-order valence-corrected chi connectivity index (χ1v) is 9.32. The fraction of sp³-hybridized carbons (Fsp3) is 0.409. The number of amides is 2. The molecule has 1 aliphatic rings. The van der Waals surface area contributed by atoms with E-state index < -0.39 is 0 Å². The van der Waals surface area contributed by atoms with E-state index in [0.717, 1.165) is 22.4 Å². The second-order valence-electron chi connectivity index (χ2n) is 8.20. The highest BCUT2D eigenvalue weighted by atomic mass is 16.2. The number of anilines is 1. The summed E-state index contributed by atoms with van der Waals surface area (Å²) in [5.41, 5.74) is 3.84. The van der Waals surface area contributed by atoms with Crippen molar-refractivity contribution in [3.8, 4) is 11.1 Å². The Morgan fingerprint density at radius 1 is 1.19 bits per heavy atom. The Labute approximate surface area is 160 Å². The molecule has 2 heterocycles. The van der Waals surface area contributed by atoms with Gasteiger partial charge in [0.25, 0.3) is 0 Å². The van der Waals surface area contributed by atoms with Crippen LogP contribution in [0.5, 0.6) is 0 Å². The standard InChI is InChI=1S/C22H27N3O2/c1-14-15(2)23-19(12-18(14)16-9-7-6-8-10-16)24-21(27)17-11-20(26)25(13-17)22(3,4)5/h6-10,12,17H,11,13H2,1-5H3,(H,23,24,27). The molecule has 0 aliphatic carbocycles. The lowest BCUT2D eigenvalue weighted by molar-refractivity contribution is -0.131. The molecule has 5 nitrogen and oxygen atoms in total. The molecule has 1 aromatic heterocycles. The summed E-state index contributed by atoms with van der Waals surface area (Å²) in [6, 6.07) is 12.0. The van der Waals surface area contributed by atoms with E-state index in [4.69, 9.17) is 0 Å². The molecule has 5 heteroatoms. The maximum Gasteiger partial charge on any atom is 0.230 e. The van der Waals surface area contributed by atoms with Gasteiger partial charge in [-0.3, -0.25) is 9.59 Å². The van der Waals surface area contributed by atoms with Crippen LogP contribution in [0.4, 0.5) is 5.82 Å². The van der Waals surface area contributed by atoms with Crippen molar-refractivity contribution in [2.24, 2.45) is 5.92 Å². The van der Waals surface area contributed by atoms with Crippen LogP contribution in [0.1, 0.15) is 38.4 Å². The minimum absolute atomic E-state index is 0.0284. The molecule has 2 aromatic rings. The molecule has 2 amide bonds. The monoisotopic (exact) mass is 365 g/mol. The second-order valence-corrected chi connectivity index (χ2v) is 8.20. The van der Waals surface area contributed by atoms with Crippen LogP contribution in [-0.4, -0.2) is 33.8 Å². The van der Waals surface area contributed by atoms with Gasteiger partial charge in [-0.05, 0) is 57.4 Å². The summed E-state index contributed by atoms with van der Waals surface area (Å²) in [6.45, 7) is 10.4. The Bertz CT molecular complexity index is 869. The van der Waals surface area contributed by atoms with Gasteiger partial charge in [-0.1, -0.05) is 30.3 Å². The van der Waals surface area contributed by atoms with Gasteiger partial charge >= 0.3 is 0 Å². The molecule has 1 saturated heterocycles. The highest BCUT2D eigenvalue weighted by Crippen LogP contribution is 2.29. The number of pyridine rings is 1. The summed E-state index contributed by atoms with van der Waals surface area (Å²) in [7, 11) is 0. The number of aromatic nitrogens is 1. The van der Waals surface area contributed by atoms with E-state index in [0.29, 0.717) is 12.4 Å². The third kappa shape index (κ3) is 4.02. The van der Waals surface area contributed by atoms with Crippen molar-refractivity contribution in [2.45, 2.75) is 46.6 Å². The minimum atomic E-state index is -0.347. The second kappa shape index (κ2) is 7.14. The molecular weight excluding hydrogens is 338 g/mol. The van der Waals surface area contributed by atoms with Crippen molar-refractivity contribution in [3.63, 3.8) is 0 Å². The van der Waals surface area contributed by atoms with Crippen molar-refractivity contribution in [2.75, 3.05) is 11.9 Å². The average molecular weight is 365 g/mol. The fourth-order valence-electron chi connectivity index (χ4n) is 3.48. The zero-order valence-electron chi connectivity index (χ0n) is 16.7. The first-order valence-electron chi connectivity index (χ1n) is 9.32. The largest absolute Gasteiger partial charge is 0.337 e. The lowest BCUT2D eigenvalue weighted by Crippen LogP contribution is -2.42. The Morgan fingerprint density at radius 2 is 1.85 bits per heavy atom. The van der Waals surface area contributed by atoms with Crippen molar-refractivity contribution >= 4 is 17.6 Å². The SMILES string of the molecule is Cc1nc(NC(=O)C2CC(=O)N(C(C)(C)C)C2)cc(-c2ccccc2)c1C. The van der Waals surface area contributed by atoms with Crippen molar-refractivity contribution in [3.05, 3.63) is 47.7 Å². The number of benzene rings is 1. The van der Waals surface area contributed by atoms with E-state index >= 15 is 0 Å². The highest BCUT2D eigenvalue weighted by molar-refractivity contribution is 5.97. The Balaban J connectivity index is 1.81. The zero-order valence-corrected chi connectivity index (χ0v) is 16.7. The fourth-order valence-corrected chi connectivity index (χ4v) is 3.48. The average Bonchev–Trinajstić information content (AvgIpc) is 3.01. The van der Waals surface area contributed by atoms with E-state index in [1.54, 1.807) is 4.90 Å². The zero-order chi connectivity index (χ0) is 19.8. The number of nitrogens with zero attached hydrogens (tertiary/aromatic N) is 2. The van der Waals surface area contributed by atoms with E-state index in [1.807, 2.05) is 71.0 Å². The summed E-state index contributed by atoms with van der Waals surface area (Å²) in [6.07, 6.45) is 0.249. The van der Waals surface area contributed by atoms with Gasteiger partial charge < -0.3 is 10.2 Å². The first kappa shape index (κ1) is 19.1. The summed E-state index contributed by atoms with van der Waals surface area (Å²) >= 11 is 0. The molecule has 0 radical (unpaired) electrons. The van der Waals surface area contributed by atoms with Crippen LogP contribution in [0.3, 0.4) is 0 Å². The third-order valence-electron chi connectivity index (χ3n) is 5.16. The molecule has 142 valence electrons. The number of hydrogen-bond donors (Lipinski definition) is 1. The van der Waals surface area contributed by atoms with Gasteiger partial charge in [0.1, 0.15) is 5.82 Å². The van der Waals surface area contributed by atoms with Crippen LogP contribution in [0.15, 0.2) is 36.4 Å². The molecule has 1 aromatic carbocycles. The normalized spacial score (nSPS) is 17.3. The smallest absolute Gasteiger partial charge is 0.230 e. The molecule has 1 unspecified atom stereocenters. The predicted molar refractivity (Wildman–Crippen MR) is 107 cm³/mol. The van der Waals surface area contributed by atoms with Gasteiger partial charge in [0.15, 0.2) is 0 Å². The number of rotatable bonds is 3. The lowest BCUT2D eigenvalue weighted by atomic mass is 10.00. The molecule has 1 fully saturated rings. The molecule has 1 atom stereocenters. The van der Waals surface area contributed by atoms with Gasteiger partial charge in [-0.25, -0.2) is 4.98 Å². The van der Waals surface area contributed by atoms with Gasteiger partial charge in [-0.15, -0.1) is 0 Å². The van der Waals surface area contributed by atoms with Crippen LogP contribution in [-0.2, 0) is 9.59 Å². The van der Waals surface area contributed by atoms with Crippen molar-refractivity contribution in [1.29, 1.82) is 0 Å². The maximum absolute atomic E-state index is 12.7. The molecular formula is C22H27N3O2. The van der Waals surface area contributed by atoms with Gasteiger partial charge in [0.05, 0.1) is 5.92 Å². The summed E-state index contributed by atoms with van der Waals surface area (Å²) in [5, 5.41) is 2.93. The van der Waals surface area contributed by atoms with E-state index in [-0.39, 0.29) is 29.7 Å². The van der Waals surface area contributed by atoms with Crippen LogP contribution in [0, 0.1) is 19.8 Å². The van der Waals surface area contributed by atoms with Crippen molar-refractivity contribution < 1.29 is 9.59 Å². The molecule has 27 heavy (non-hydrogen) atoms. The van der Waals surface area contributed by atoms with Gasteiger partial charge in [0.2, 0.25) is 11.8 Å². The van der Waals surface area contributed by atoms with Crippen LogP contribution >= 0.6 is 0 Å². The summed E-state index contributed by atoms with van der Waals surface area (Å²) < 4.78 is 0. The number of hydrogen-bond acceptors (Lipinski definition) is 3. The Morgan fingerprint density at radius 3 is 2.44 bits per heavy atom. The third-order valence-corrected chi connectivity index (χ3v) is 5.16. The molecule has 0 spiro atoms. The number of carbonyl (C=O) groups excluding carboxylic acids is 2. The van der Waals surface area contributed by atoms with E-state index in [2.05, 4.69) is 10.3 Å². The van der Waals surface area contributed by atoms with Gasteiger partial charge in [-0.2, -0.15) is 0 Å². The van der Waals surface area contributed by atoms with Gasteiger partial charge in [0, 0.05) is 24.2 Å². The topological polar surface area (TPSA) is 62.3 Å².